The standard InChI is InChI=1S/C13H17N3O/c1-9(17)11-4-5-16(8-11)12-3-2-10(7-14)13(15)6-12/h2-3,6,9,11,17H,4-5,8,15H2,1H3. The molecule has 3 N–H and O–H groups in total. The number of hydrogen-bond acceptors (Lipinski definition) is 4. The highest BCUT2D eigenvalue weighted by Gasteiger charge is 2.26. The van der Waals surface area contributed by atoms with E-state index in [0.29, 0.717) is 17.2 Å². The van der Waals surface area contributed by atoms with Gasteiger partial charge in [-0.3, -0.25) is 0 Å². The SMILES string of the molecule is CC(O)C1CCN(c2ccc(C#N)c(N)c2)C1. The molecule has 1 heterocycles. The lowest BCUT2D eigenvalue weighted by Gasteiger charge is -2.20. The average Bonchev–Trinajstić information content (AvgIpc) is 2.78. The lowest BCUT2D eigenvalue weighted by Crippen LogP contribution is -2.23. The maximum Gasteiger partial charge on any atom is 0.101 e. The Bertz CT molecular complexity index is 450. The Hall–Kier alpha value is -1.73. The summed E-state index contributed by atoms with van der Waals surface area (Å²) in [6.07, 6.45) is 0.730. The molecule has 4 nitrogen and oxygen atoms in total. The molecule has 1 saturated heterocycles. The summed E-state index contributed by atoms with van der Waals surface area (Å²) in [5, 5.41) is 18.4. The third-order valence-corrected chi connectivity index (χ3v) is 3.43. The van der Waals surface area contributed by atoms with Crippen LogP contribution in [0.1, 0.15) is 18.9 Å². The summed E-state index contributed by atoms with van der Waals surface area (Å²) in [5.41, 5.74) is 7.86. The number of anilines is 2. The van der Waals surface area contributed by atoms with E-state index < -0.39 is 0 Å². The molecule has 1 aliphatic rings. The van der Waals surface area contributed by atoms with Crippen molar-refractivity contribution in [2.45, 2.75) is 19.4 Å². The van der Waals surface area contributed by atoms with E-state index in [1.165, 1.54) is 0 Å². The summed E-state index contributed by atoms with van der Waals surface area (Å²) in [4.78, 5) is 2.20. The number of aliphatic hydroxyl groups is 1. The van der Waals surface area contributed by atoms with Crippen LogP contribution in [-0.4, -0.2) is 24.3 Å². The molecular formula is C13H17N3O. The smallest absolute Gasteiger partial charge is 0.101 e. The molecule has 17 heavy (non-hydrogen) atoms. The van der Waals surface area contributed by atoms with Crippen LogP contribution in [0.3, 0.4) is 0 Å². The first-order valence-corrected chi connectivity index (χ1v) is 5.84. The highest BCUT2D eigenvalue weighted by molar-refractivity contribution is 5.63. The van der Waals surface area contributed by atoms with Gasteiger partial charge in [-0.2, -0.15) is 5.26 Å². The third-order valence-electron chi connectivity index (χ3n) is 3.43. The van der Waals surface area contributed by atoms with Gasteiger partial charge in [0.05, 0.1) is 17.4 Å². The number of rotatable bonds is 2. The molecule has 1 aromatic rings. The van der Waals surface area contributed by atoms with Gasteiger partial charge < -0.3 is 15.7 Å². The fraction of sp³-hybridized carbons (Fsp3) is 0.462. The van der Waals surface area contributed by atoms with Gasteiger partial charge in [0.1, 0.15) is 6.07 Å². The van der Waals surface area contributed by atoms with E-state index in [2.05, 4.69) is 11.0 Å². The minimum Gasteiger partial charge on any atom is -0.398 e. The van der Waals surface area contributed by atoms with Crippen LogP contribution in [0.4, 0.5) is 11.4 Å². The second-order valence-corrected chi connectivity index (χ2v) is 4.62. The lowest BCUT2D eigenvalue weighted by molar-refractivity contribution is 0.136. The fourth-order valence-electron chi connectivity index (χ4n) is 2.26. The molecule has 4 heteroatoms. The monoisotopic (exact) mass is 231 g/mol. The Balaban J connectivity index is 2.15. The number of aliphatic hydroxyl groups excluding tert-OH is 1. The quantitative estimate of drug-likeness (QED) is 0.753. The molecule has 0 amide bonds. The van der Waals surface area contributed by atoms with Gasteiger partial charge in [-0.25, -0.2) is 0 Å². The number of nitriles is 1. The summed E-state index contributed by atoms with van der Waals surface area (Å²) in [6, 6.07) is 7.56. The molecular weight excluding hydrogens is 214 g/mol. The summed E-state index contributed by atoms with van der Waals surface area (Å²) < 4.78 is 0. The van der Waals surface area contributed by atoms with Crippen molar-refractivity contribution in [2.24, 2.45) is 5.92 Å². The number of nitrogens with zero attached hydrogens (tertiary/aromatic N) is 2. The topological polar surface area (TPSA) is 73.3 Å². The van der Waals surface area contributed by atoms with Crippen molar-refractivity contribution >= 4 is 11.4 Å². The largest absolute Gasteiger partial charge is 0.398 e. The van der Waals surface area contributed by atoms with E-state index in [1.807, 2.05) is 19.1 Å². The highest BCUT2D eigenvalue weighted by atomic mass is 16.3. The van der Waals surface area contributed by atoms with Crippen molar-refractivity contribution in [1.29, 1.82) is 5.26 Å². The second kappa shape index (κ2) is 4.64. The first-order valence-electron chi connectivity index (χ1n) is 5.84. The van der Waals surface area contributed by atoms with E-state index in [9.17, 15) is 5.11 Å². The van der Waals surface area contributed by atoms with E-state index in [4.69, 9.17) is 11.0 Å². The fourth-order valence-corrected chi connectivity index (χ4v) is 2.26. The van der Waals surface area contributed by atoms with Crippen LogP contribution in [0, 0.1) is 17.2 Å². The zero-order chi connectivity index (χ0) is 12.4. The number of benzene rings is 1. The van der Waals surface area contributed by atoms with Gasteiger partial charge >= 0.3 is 0 Å². The van der Waals surface area contributed by atoms with Gasteiger partial charge in [0.25, 0.3) is 0 Å². The molecule has 0 radical (unpaired) electrons. The van der Waals surface area contributed by atoms with Gasteiger partial charge in [-0.05, 0) is 31.5 Å². The summed E-state index contributed by atoms with van der Waals surface area (Å²) in [6.45, 7) is 3.62. The van der Waals surface area contributed by atoms with Crippen LogP contribution >= 0.6 is 0 Å². The molecule has 0 saturated carbocycles. The minimum absolute atomic E-state index is 0.268. The van der Waals surface area contributed by atoms with Crippen molar-refractivity contribution in [3.05, 3.63) is 23.8 Å². The molecule has 0 spiro atoms. The number of nitrogens with two attached hydrogens (primary N) is 1. The lowest BCUT2D eigenvalue weighted by atomic mass is 10.0. The maximum absolute atomic E-state index is 9.56. The normalized spacial score (nSPS) is 21.2. The summed E-state index contributed by atoms with van der Waals surface area (Å²) >= 11 is 0. The van der Waals surface area contributed by atoms with Crippen LogP contribution in [0.25, 0.3) is 0 Å². The Morgan fingerprint density at radius 1 is 1.59 bits per heavy atom. The molecule has 1 aromatic carbocycles. The molecule has 0 aliphatic carbocycles. The van der Waals surface area contributed by atoms with Gasteiger partial charge in [0.15, 0.2) is 0 Å². The average molecular weight is 231 g/mol. The van der Waals surface area contributed by atoms with Crippen molar-refractivity contribution in [2.75, 3.05) is 23.7 Å². The van der Waals surface area contributed by atoms with E-state index in [0.717, 1.165) is 25.2 Å². The molecule has 90 valence electrons. The van der Waals surface area contributed by atoms with E-state index in [-0.39, 0.29) is 6.10 Å². The summed E-state index contributed by atoms with van der Waals surface area (Å²) in [5.74, 6) is 0.326. The van der Waals surface area contributed by atoms with Gasteiger partial charge in [-0.1, -0.05) is 0 Å². The first-order chi connectivity index (χ1) is 8.11. The van der Waals surface area contributed by atoms with Crippen molar-refractivity contribution in [3.63, 3.8) is 0 Å². The third kappa shape index (κ3) is 2.34. The molecule has 1 fully saturated rings. The number of hydrogen-bond donors (Lipinski definition) is 2. The van der Waals surface area contributed by atoms with E-state index >= 15 is 0 Å². The zero-order valence-electron chi connectivity index (χ0n) is 9.93. The molecule has 2 unspecified atom stereocenters. The van der Waals surface area contributed by atoms with Crippen LogP contribution < -0.4 is 10.6 Å². The minimum atomic E-state index is -0.268. The van der Waals surface area contributed by atoms with Crippen molar-refractivity contribution in [1.82, 2.24) is 0 Å². The van der Waals surface area contributed by atoms with Gasteiger partial charge in [0.2, 0.25) is 0 Å². The molecule has 0 bridgehead atoms. The molecule has 0 aromatic heterocycles. The van der Waals surface area contributed by atoms with Crippen LogP contribution in [0.15, 0.2) is 18.2 Å². The van der Waals surface area contributed by atoms with Gasteiger partial charge in [0, 0.05) is 24.7 Å². The Labute approximate surface area is 101 Å². The Morgan fingerprint density at radius 2 is 2.35 bits per heavy atom. The van der Waals surface area contributed by atoms with Crippen LogP contribution in [-0.2, 0) is 0 Å². The van der Waals surface area contributed by atoms with Gasteiger partial charge in [-0.15, -0.1) is 0 Å². The zero-order valence-corrected chi connectivity index (χ0v) is 9.93. The Kier molecular flexibility index (Phi) is 3.21. The molecule has 2 rings (SSSR count). The predicted molar refractivity (Wildman–Crippen MR) is 67.6 cm³/mol. The highest BCUT2D eigenvalue weighted by Crippen LogP contribution is 2.28. The Morgan fingerprint density at radius 3 is 2.88 bits per heavy atom. The predicted octanol–water partition coefficient (Wildman–Crippen LogP) is 1.35. The van der Waals surface area contributed by atoms with Crippen molar-refractivity contribution < 1.29 is 5.11 Å². The molecule has 2 atom stereocenters. The second-order valence-electron chi connectivity index (χ2n) is 4.62. The maximum atomic E-state index is 9.56. The van der Waals surface area contributed by atoms with Crippen LogP contribution in [0.2, 0.25) is 0 Å². The van der Waals surface area contributed by atoms with E-state index in [1.54, 1.807) is 6.07 Å². The first kappa shape index (κ1) is 11.7. The summed E-state index contributed by atoms with van der Waals surface area (Å²) in [7, 11) is 0. The number of nitrogen functional groups attached to an aromatic ring is 1. The molecule has 1 aliphatic heterocycles. The van der Waals surface area contributed by atoms with Crippen LogP contribution in [0.5, 0.6) is 0 Å². The van der Waals surface area contributed by atoms with Crippen molar-refractivity contribution in [3.8, 4) is 6.07 Å².